The number of nitro benzene ring substituents is 1. The number of rotatable bonds is 5. The number of thioether (sulfide) groups is 1. The van der Waals surface area contributed by atoms with E-state index in [9.17, 15) is 14.9 Å². The maximum absolute atomic E-state index is 13.7. The lowest BCUT2D eigenvalue weighted by Gasteiger charge is -2.30. The summed E-state index contributed by atoms with van der Waals surface area (Å²) in [5, 5.41) is 14.1. The van der Waals surface area contributed by atoms with E-state index in [1.807, 2.05) is 29.2 Å². The first-order valence-electron chi connectivity index (χ1n) is 12.7. The molecular formula is C30H25N3O4S. The van der Waals surface area contributed by atoms with Crippen LogP contribution in [0.4, 0.5) is 11.4 Å². The first-order valence-corrected chi connectivity index (χ1v) is 13.5. The number of benzene rings is 3. The van der Waals surface area contributed by atoms with E-state index >= 15 is 0 Å². The van der Waals surface area contributed by atoms with Crippen molar-refractivity contribution in [3.05, 3.63) is 99.6 Å². The molecule has 1 aliphatic carbocycles. The molecule has 0 atom stereocenters. The maximum Gasteiger partial charge on any atom is 0.270 e. The Bertz CT molecular complexity index is 1600. The number of carbonyl (C=O) groups is 1. The highest BCUT2D eigenvalue weighted by Gasteiger charge is 2.38. The van der Waals surface area contributed by atoms with Gasteiger partial charge in [0.15, 0.2) is 5.17 Å². The molecule has 0 radical (unpaired) electrons. The Morgan fingerprint density at radius 2 is 1.76 bits per heavy atom. The van der Waals surface area contributed by atoms with Gasteiger partial charge in [-0.2, -0.15) is 0 Å². The van der Waals surface area contributed by atoms with Gasteiger partial charge in [0.1, 0.15) is 11.5 Å². The Kier molecular flexibility index (Phi) is 6.55. The van der Waals surface area contributed by atoms with Crippen LogP contribution in [0.25, 0.3) is 28.2 Å². The minimum atomic E-state index is -0.431. The summed E-state index contributed by atoms with van der Waals surface area (Å²) < 4.78 is 5.97. The molecule has 0 bridgehead atoms. The van der Waals surface area contributed by atoms with Crippen molar-refractivity contribution in [1.82, 2.24) is 4.90 Å². The highest BCUT2D eigenvalue weighted by molar-refractivity contribution is 8.18. The van der Waals surface area contributed by atoms with Crippen molar-refractivity contribution in [2.45, 2.75) is 38.1 Å². The van der Waals surface area contributed by atoms with Crippen molar-refractivity contribution in [2.75, 3.05) is 0 Å². The van der Waals surface area contributed by atoms with Gasteiger partial charge in [-0.25, -0.2) is 4.99 Å². The third-order valence-electron chi connectivity index (χ3n) is 6.98. The largest absolute Gasteiger partial charge is 0.457 e. The van der Waals surface area contributed by atoms with E-state index in [1.165, 1.54) is 30.3 Å². The minimum Gasteiger partial charge on any atom is -0.457 e. The Labute approximate surface area is 224 Å². The average molecular weight is 524 g/mol. The van der Waals surface area contributed by atoms with Crippen LogP contribution in [-0.4, -0.2) is 26.9 Å². The molecule has 4 aromatic rings. The molecule has 2 heterocycles. The minimum absolute atomic E-state index is 0.00185. The van der Waals surface area contributed by atoms with Crippen molar-refractivity contribution in [3.63, 3.8) is 0 Å². The molecule has 8 heteroatoms. The fourth-order valence-electron chi connectivity index (χ4n) is 5.07. The second-order valence-electron chi connectivity index (χ2n) is 9.51. The van der Waals surface area contributed by atoms with Gasteiger partial charge >= 0.3 is 0 Å². The lowest BCUT2D eigenvalue weighted by atomic mass is 9.94. The van der Waals surface area contributed by atoms with E-state index in [0.29, 0.717) is 27.2 Å². The third kappa shape index (κ3) is 4.87. The van der Waals surface area contributed by atoms with E-state index in [4.69, 9.17) is 9.41 Å². The van der Waals surface area contributed by atoms with Crippen molar-refractivity contribution in [1.29, 1.82) is 0 Å². The SMILES string of the molecule is O=C1/C(=C/c2ccc(-c3cccc([N+](=O)[O-])c3)o2)SC(=Nc2ccc3ccccc3c2)N1C1CCCCC1. The average Bonchev–Trinajstić information content (AvgIpc) is 3.53. The number of hydrogen-bond donors (Lipinski definition) is 0. The molecule has 38 heavy (non-hydrogen) atoms. The van der Waals surface area contributed by atoms with Gasteiger partial charge in [-0.15, -0.1) is 0 Å². The molecule has 1 saturated heterocycles. The van der Waals surface area contributed by atoms with Gasteiger partial charge < -0.3 is 4.42 Å². The van der Waals surface area contributed by atoms with Crippen LogP contribution in [0.5, 0.6) is 0 Å². The smallest absolute Gasteiger partial charge is 0.270 e. The Morgan fingerprint density at radius 1 is 0.947 bits per heavy atom. The van der Waals surface area contributed by atoms with Crippen molar-refractivity contribution in [3.8, 4) is 11.3 Å². The molecular weight excluding hydrogens is 498 g/mol. The number of amides is 1. The quantitative estimate of drug-likeness (QED) is 0.150. The molecule has 1 aliphatic heterocycles. The summed E-state index contributed by atoms with van der Waals surface area (Å²) in [7, 11) is 0. The Hall–Kier alpha value is -4.17. The van der Waals surface area contributed by atoms with Gasteiger partial charge in [-0.05, 0) is 59.6 Å². The van der Waals surface area contributed by atoms with Crippen LogP contribution in [0.15, 0.2) is 93.2 Å². The fraction of sp³-hybridized carbons (Fsp3) is 0.200. The molecule has 1 amide bonds. The molecule has 2 fully saturated rings. The number of hydrogen-bond acceptors (Lipinski definition) is 6. The van der Waals surface area contributed by atoms with Gasteiger partial charge in [0, 0.05) is 29.8 Å². The van der Waals surface area contributed by atoms with Gasteiger partial charge in [-0.1, -0.05) is 61.7 Å². The zero-order valence-electron chi connectivity index (χ0n) is 20.6. The van der Waals surface area contributed by atoms with Crippen LogP contribution in [-0.2, 0) is 4.79 Å². The second-order valence-corrected chi connectivity index (χ2v) is 10.5. The number of aliphatic imine (C=N–C) groups is 1. The van der Waals surface area contributed by atoms with Gasteiger partial charge in [0.25, 0.3) is 11.6 Å². The zero-order chi connectivity index (χ0) is 26.1. The van der Waals surface area contributed by atoms with Crippen LogP contribution in [0.1, 0.15) is 37.9 Å². The van der Waals surface area contributed by atoms with Crippen molar-refractivity contribution >= 4 is 51.1 Å². The molecule has 190 valence electrons. The Balaban J connectivity index is 1.33. The summed E-state index contributed by atoms with van der Waals surface area (Å²) >= 11 is 1.37. The summed E-state index contributed by atoms with van der Waals surface area (Å²) in [6.45, 7) is 0. The predicted molar refractivity (Wildman–Crippen MR) is 151 cm³/mol. The molecule has 0 N–H and O–H groups in total. The predicted octanol–water partition coefficient (Wildman–Crippen LogP) is 7.94. The third-order valence-corrected chi connectivity index (χ3v) is 7.96. The number of carbonyl (C=O) groups excluding carboxylic acids is 1. The van der Waals surface area contributed by atoms with Gasteiger partial charge in [0.05, 0.1) is 15.5 Å². The number of nitrogens with zero attached hydrogens (tertiary/aromatic N) is 3. The summed E-state index contributed by atoms with van der Waals surface area (Å²) in [5.41, 5.74) is 1.42. The monoisotopic (exact) mass is 523 g/mol. The number of amidine groups is 1. The molecule has 0 unspecified atom stereocenters. The second kappa shape index (κ2) is 10.3. The number of non-ortho nitro benzene ring substituents is 1. The van der Waals surface area contributed by atoms with Crippen LogP contribution >= 0.6 is 11.8 Å². The van der Waals surface area contributed by atoms with Crippen LogP contribution < -0.4 is 0 Å². The maximum atomic E-state index is 13.7. The van der Waals surface area contributed by atoms with E-state index in [0.717, 1.165) is 42.1 Å². The van der Waals surface area contributed by atoms with Crippen molar-refractivity contribution < 1.29 is 14.1 Å². The normalized spacial score (nSPS) is 18.6. The number of furan rings is 1. The summed E-state index contributed by atoms with van der Waals surface area (Å²) in [4.78, 5) is 31.7. The van der Waals surface area contributed by atoms with Crippen LogP contribution in [0, 0.1) is 10.1 Å². The molecule has 1 saturated carbocycles. The molecule has 0 spiro atoms. The standard InChI is InChI=1S/C30H25N3O4S/c34-29-28(19-26-15-16-27(37-26)22-9-6-12-25(18-22)33(35)36)38-30(32(29)24-10-2-1-3-11-24)31-23-14-13-20-7-4-5-8-21(20)17-23/h4-9,12-19,24H,1-3,10-11H2/b28-19-,31-30?. The first kappa shape index (κ1) is 24.2. The number of fused-ring (bicyclic) bond motifs is 1. The van der Waals surface area contributed by atoms with E-state index in [2.05, 4.69) is 18.2 Å². The molecule has 7 nitrogen and oxygen atoms in total. The highest BCUT2D eigenvalue weighted by atomic mass is 32.2. The fourth-order valence-corrected chi connectivity index (χ4v) is 6.11. The van der Waals surface area contributed by atoms with Crippen LogP contribution in [0.3, 0.4) is 0 Å². The molecule has 6 rings (SSSR count). The number of nitro groups is 1. The van der Waals surface area contributed by atoms with E-state index in [-0.39, 0.29) is 17.6 Å². The Morgan fingerprint density at radius 3 is 2.58 bits per heavy atom. The lowest BCUT2D eigenvalue weighted by molar-refractivity contribution is -0.384. The van der Waals surface area contributed by atoms with Crippen LogP contribution in [0.2, 0.25) is 0 Å². The molecule has 2 aliphatic rings. The topological polar surface area (TPSA) is 88.9 Å². The van der Waals surface area contributed by atoms with Gasteiger partial charge in [-0.3, -0.25) is 19.8 Å². The van der Waals surface area contributed by atoms with E-state index in [1.54, 1.807) is 30.3 Å². The molecule has 3 aromatic carbocycles. The van der Waals surface area contributed by atoms with Gasteiger partial charge in [0.2, 0.25) is 0 Å². The van der Waals surface area contributed by atoms with Crippen molar-refractivity contribution in [2.24, 2.45) is 4.99 Å². The summed E-state index contributed by atoms with van der Waals surface area (Å²) in [6.07, 6.45) is 7.07. The summed E-state index contributed by atoms with van der Waals surface area (Å²) in [6, 6.07) is 24.2. The lowest BCUT2D eigenvalue weighted by Crippen LogP contribution is -2.40. The first-order chi connectivity index (χ1) is 18.5. The highest BCUT2D eigenvalue weighted by Crippen LogP contribution is 2.39. The van der Waals surface area contributed by atoms with E-state index < -0.39 is 4.92 Å². The molecule has 1 aromatic heterocycles. The zero-order valence-corrected chi connectivity index (χ0v) is 21.4. The summed E-state index contributed by atoms with van der Waals surface area (Å²) in [5.74, 6) is 0.956.